The van der Waals surface area contributed by atoms with Crippen molar-refractivity contribution in [2.45, 2.75) is 19.9 Å². The highest BCUT2D eigenvalue weighted by Crippen LogP contribution is 2.38. The van der Waals surface area contributed by atoms with Gasteiger partial charge in [0.1, 0.15) is 13.2 Å². The molecule has 1 aliphatic rings. The average Bonchev–Trinajstić information content (AvgIpc) is 2.99. The highest BCUT2D eigenvalue weighted by atomic mass is 35.5. The lowest BCUT2D eigenvalue weighted by atomic mass is 10.2. The molecule has 6 nitrogen and oxygen atoms in total. The smallest absolute Gasteiger partial charge is 0.258 e. The number of amides is 1. The first-order valence-electron chi connectivity index (χ1n) is 8.53. The van der Waals surface area contributed by atoms with Gasteiger partial charge in [0.05, 0.1) is 16.1 Å². The third-order valence-electron chi connectivity index (χ3n) is 4.19. The second-order valence-corrected chi connectivity index (χ2v) is 6.42. The highest BCUT2D eigenvalue weighted by Gasteiger charge is 2.20. The van der Waals surface area contributed by atoms with Gasteiger partial charge in [-0.05, 0) is 30.7 Å². The largest absolute Gasteiger partial charge is 0.486 e. The molecule has 1 amide bonds. The van der Waals surface area contributed by atoms with Crippen molar-refractivity contribution < 1.29 is 14.3 Å². The van der Waals surface area contributed by atoms with E-state index in [9.17, 15) is 4.79 Å². The minimum absolute atomic E-state index is 0.295. The molecule has 0 saturated carbocycles. The molecule has 2 aromatic carbocycles. The van der Waals surface area contributed by atoms with Gasteiger partial charge in [-0.2, -0.15) is 0 Å². The Balaban J connectivity index is 1.67. The molecule has 0 saturated heterocycles. The van der Waals surface area contributed by atoms with Crippen LogP contribution in [-0.4, -0.2) is 28.7 Å². The molecule has 1 aliphatic heterocycles. The van der Waals surface area contributed by atoms with Crippen LogP contribution in [0.3, 0.4) is 0 Å². The Morgan fingerprint density at radius 3 is 2.92 bits per heavy atom. The number of ether oxygens (including phenoxy) is 2. The van der Waals surface area contributed by atoms with Crippen LogP contribution in [0.4, 0.5) is 5.95 Å². The van der Waals surface area contributed by atoms with Crippen molar-refractivity contribution in [2.75, 3.05) is 18.5 Å². The zero-order chi connectivity index (χ0) is 18.1. The number of nitrogens with one attached hydrogen (secondary N) is 1. The van der Waals surface area contributed by atoms with Crippen LogP contribution in [0.1, 0.15) is 23.7 Å². The maximum atomic E-state index is 12.8. The summed E-state index contributed by atoms with van der Waals surface area (Å²) in [7, 11) is 0. The molecule has 26 heavy (non-hydrogen) atoms. The van der Waals surface area contributed by atoms with Gasteiger partial charge in [0.2, 0.25) is 5.95 Å². The van der Waals surface area contributed by atoms with Crippen molar-refractivity contribution >= 4 is 34.5 Å². The lowest BCUT2D eigenvalue weighted by molar-refractivity contribution is 0.102. The molecule has 0 unspecified atom stereocenters. The van der Waals surface area contributed by atoms with E-state index in [-0.39, 0.29) is 5.91 Å². The molecule has 2 heterocycles. The van der Waals surface area contributed by atoms with E-state index in [2.05, 4.69) is 17.2 Å². The van der Waals surface area contributed by atoms with E-state index in [1.54, 1.807) is 12.1 Å². The molecule has 4 rings (SSSR count). The van der Waals surface area contributed by atoms with E-state index in [1.165, 1.54) is 0 Å². The molecule has 0 fully saturated rings. The van der Waals surface area contributed by atoms with Crippen LogP contribution >= 0.6 is 11.6 Å². The Morgan fingerprint density at radius 2 is 2.08 bits per heavy atom. The average molecular weight is 372 g/mol. The van der Waals surface area contributed by atoms with Crippen LogP contribution in [-0.2, 0) is 6.54 Å². The second kappa shape index (κ2) is 6.88. The normalized spacial score (nSPS) is 13.0. The lowest BCUT2D eigenvalue weighted by Crippen LogP contribution is -2.19. The van der Waals surface area contributed by atoms with Gasteiger partial charge in [0.25, 0.3) is 5.91 Å². The number of benzene rings is 2. The lowest BCUT2D eigenvalue weighted by Gasteiger charge is -2.20. The summed E-state index contributed by atoms with van der Waals surface area (Å²) in [4.78, 5) is 17.3. The predicted octanol–water partition coefficient (Wildman–Crippen LogP) is 4.12. The second-order valence-electron chi connectivity index (χ2n) is 6.01. The van der Waals surface area contributed by atoms with Gasteiger partial charge in [-0.25, -0.2) is 4.98 Å². The summed E-state index contributed by atoms with van der Waals surface area (Å²) in [6.45, 7) is 3.72. The number of nitrogens with zero attached hydrogens (tertiary/aromatic N) is 2. The summed E-state index contributed by atoms with van der Waals surface area (Å²) in [6, 6.07) is 11.0. The van der Waals surface area contributed by atoms with Crippen molar-refractivity contribution in [1.82, 2.24) is 9.55 Å². The van der Waals surface area contributed by atoms with E-state index >= 15 is 0 Å². The highest BCUT2D eigenvalue weighted by molar-refractivity contribution is 6.32. The van der Waals surface area contributed by atoms with E-state index in [0.29, 0.717) is 41.2 Å². The third kappa shape index (κ3) is 2.97. The molecular weight excluding hydrogens is 354 g/mol. The SMILES string of the molecule is CCCn1c(NC(=O)c2cc(Cl)c3c(c2)OCCO3)nc2ccccc21. The Hall–Kier alpha value is -2.73. The first-order valence-corrected chi connectivity index (χ1v) is 8.91. The standard InChI is InChI=1S/C19H18ClN3O3/c1-2-7-23-15-6-4-3-5-14(15)21-19(23)22-18(24)12-10-13(20)17-16(11-12)25-8-9-26-17/h3-6,10-11H,2,7-9H2,1H3,(H,21,22,24). The maximum Gasteiger partial charge on any atom is 0.258 e. The fourth-order valence-electron chi connectivity index (χ4n) is 3.04. The number of aromatic nitrogens is 2. The number of carbonyl (C=O) groups is 1. The molecule has 3 aromatic rings. The Bertz CT molecular complexity index is 984. The van der Waals surface area contributed by atoms with Crippen LogP contribution in [0, 0.1) is 0 Å². The molecule has 0 atom stereocenters. The van der Waals surface area contributed by atoms with Crippen molar-refractivity contribution in [3.8, 4) is 11.5 Å². The number of halogens is 1. The van der Waals surface area contributed by atoms with Crippen molar-refractivity contribution in [3.63, 3.8) is 0 Å². The Morgan fingerprint density at radius 1 is 1.27 bits per heavy atom. The van der Waals surface area contributed by atoms with Gasteiger partial charge in [0.15, 0.2) is 11.5 Å². The molecular formula is C19H18ClN3O3. The minimum atomic E-state index is -0.295. The molecule has 134 valence electrons. The summed E-state index contributed by atoms with van der Waals surface area (Å²) < 4.78 is 13.0. The van der Waals surface area contributed by atoms with Crippen LogP contribution < -0.4 is 14.8 Å². The predicted molar refractivity (Wildman–Crippen MR) is 100 cm³/mol. The topological polar surface area (TPSA) is 65.4 Å². The van der Waals surface area contributed by atoms with Crippen molar-refractivity contribution in [1.29, 1.82) is 0 Å². The maximum absolute atomic E-state index is 12.8. The number of hydrogen-bond acceptors (Lipinski definition) is 4. The van der Waals surface area contributed by atoms with Gasteiger partial charge in [-0.15, -0.1) is 0 Å². The zero-order valence-corrected chi connectivity index (χ0v) is 15.0. The molecule has 1 aromatic heterocycles. The van der Waals surface area contributed by atoms with Crippen LogP contribution in [0.15, 0.2) is 36.4 Å². The minimum Gasteiger partial charge on any atom is -0.486 e. The van der Waals surface area contributed by atoms with E-state index in [0.717, 1.165) is 24.0 Å². The van der Waals surface area contributed by atoms with Gasteiger partial charge in [0, 0.05) is 12.1 Å². The molecule has 0 bridgehead atoms. The quantitative estimate of drug-likeness (QED) is 0.749. The number of aryl methyl sites for hydroxylation is 1. The Kier molecular flexibility index (Phi) is 4.42. The van der Waals surface area contributed by atoms with Crippen LogP contribution in [0.2, 0.25) is 5.02 Å². The molecule has 0 spiro atoms. The van der Waals surface area contributed by atoms with Crippen molar-refractivity contribution in [3.05, 3.63) is 47.0 Å². The Labute approximate surface area is 155 Å². The first-order chi connectivity index (χ1) is 12.7. The summed E-state index contributed by atoms with van der Waals surface area (Å²) in [5.41, 5.74) is 2.23. The fraction of sp³-hybridized carbons (Fsp3) is 0.263. The van der Waals surface area contributed by atoms with Gasteiger partial charge < -0.3 is 14.0 Å². The fourth-order valence-corrected chi connectivity index (χ4v) is 3.30. The van der Waals surface area contributed by atoms with E-state index in [4.69, 9.17) is 21.1 Å². The third-order valence-corrected chi connectivity index (χ3v) is 4.47. The number of anilines is 1. The number of hydrogen-bond donors (Lipinski definition) is 1. The molecule has 0 aliphatic carbocycles. The van der Waals surface area contributed by atoms with E-state index < -0.39 is 0 Å². The first kappa shape index (κ1) is 16.7. The van der Waals surface area contributed by atoms with Crippen LogP contribution in [0.5, 0.6) is 11.5 Å². The van der Waals surface area contributed by atoms with Crippen molar-refractivity contribution in [2.24, 2.45) is 0 Å². The molecule has 0 radical (unpaired) electrons. The number of fused-ring (bicyclic) bond motifs is 2. The molecule has 7 heteroatoms. The number of imidazole rings is 1. The summed E-state index contributed by atoms with van der Waals surface area (Å²) in [5, 5.41) is 3.25. The van der Waals surface area contributed by atoms with Crippen LogP contribution in [0.25, 0.3) is 11.0 Å². The van der Waals surface area contributed by atoms with Gasteiger partial charge in [-0.1, -0.05) is 30.7 Å². The summed E-state index contributed by atoms with van der Waals surface area (Å²) in [6.07, 6.45) is 0.930. The van der Waals surface area contributed by atoms with Gasteiger partial charge >= 0.3 is 0 Å². The summed E-state index contributed by atoms with van der Waals surface area (Å²) >= 11 is 6.23. The molecule has 1 N–H and O–H groups in total. The number of carbonyl (C=O) groups excluding carboxylic acids is 1. The number of rotatable bonds is 4. The van der Waals surface area contributed by atoms with Gasteiger partial charge in [-0.3, -0.25) is 10.1 Å². The zero-order valence-electron chi connectivity index (χ0n) is 14.3. The number of para-hydroxylation sites is 2. The monoisotopic (exact) mass is 371 g/mol. The van der Waals surface area contributed by atoms with E-state index in [1.807, 2.05) is 28.8 Å². The summed E-state index contributed by atoms with van der Waals surface area (Å²) in [5.74, 6) is 1.18.